The predicted octanol–water partition coefficient (Wildman–Crippen LogP) is 0.221. The number of nitrogens with two attached hydrogens (primary N) is 1. The van der Waals surface area contributed by atoms with Crippen molar-refractivity contribution in [3.05, 3.63) is 35.4 Å². The summed E-state index contributed by atoms with van der Waals surface area (Å²) in [5, 5.41) is 3.89. The highest BCUT2D eigenvalue weighted by molar-refractivity contribution is 6.01. The van der Waals surface area contributed by atoms with E-state index in [1.807, 2.05) is 0 Å². The van der Waals surface area contributed by atoms with Crippen molar-refractivity contribution in [2.45, 2.75) is 13.5 Å². The number of hydrogen-bond donors (Lipinski definition) is 1. The predicted molar refractivity (Wildman–Crippen MR) is 72.6 cm³/mol. The van der Waals surface area contributed by atoms with Crippen LogP contribution < -0.4 is 5.84 Å². The van der Waals surface area contributed by atoms with Crippen LogP contribution in [0.25, 0.3) is 0 Å². The van der Waals surface area contributed by atoms with E-state index in [2.05, 4.69) is 9.94 Å². The number of hydrazone groups is 1. The summed E-state index contributed by atoms with van der Waals surface area (Å²) in [5.74, 6) is 3.77. The van der Waals surface area contributed by atoms with Crippen LogP contribution in [0.15, 0.2) is 29.4 Å². The fraction of sp³-hybridized carbons (Fsp3) is 0.231. The maximum atomic E-state index is 11.9. The van der Waals surface area contributed by atoms with Crippen molar-refractivity contribution in [3.8, 4) is 0 Å². The molecule has 2 N–H and O–H groups in total. The quantitative estimate of drug-likeness (QED) is 0.369. The molecule has 1 fully saturated rings. The molecule has 8 nitrogen and oxygen atoms in total. The van der Waals surface area contributed by atoms with Crippen molar-refractivity contribution in [2.75, 3.05) is 6.54 Å². The van der Waals surface area contributed by atoms with Crippen LogP contribution in [0.4, 0.5) is 4.79 Å². The lowest BCUT2D eigenvalue weighted by Gasteiger charge is -2.15. The fourth-order valence-electron chi connectivity index (χ4n) is 1.89. The number of benzene rings is 1. The van der Waals surface area contributed by atoms with Crippen molar-refractivity contribution >= 4 is 24.1 Å². The Kier molecular flexibility index (Phi) is 4.17. The number of hydrogen-bond acceptors (Lipinski definition) is 6. The first-order valence-corrected chi connectivity index (χ1v) is 6.14. The van der Waals surface area contributed by atoms with Crippen molar-refractivity contribution in [3.63, 3.8) is 0 Å². The molecule has 0 bridgehead atoms. The van der Waals surface area contributed by atoms with Gasteiger partial charge in [-0.1, -0.05) is 29.3 Å². The third kappa shape index (κ3) is 3.35. The van der Waals surface area contributed by atoms with Gasteiger partial charge in [0.1, 0.15) is 6.54 Å². The van der Waals surface area contributed by atoms with E-state index >= 15 is 0 Å². The molecule has 1 saturated heterocycles. The number of rotatable bonds is 4. The maximum Gasteiger partial charge on any atom is 0.361 e. The minimum absolute atomic E-state index is 0.127. The summed E-state index contributed by atoms with van der Waals surface area (Å²) in [7, 11) is 0. The van der Waals surface area contributed by atoms with Crippen LogP contribution in [0.1, 0.15) is 18.1 Å². The van der Waals surface area contributed by atoms with Crippen LogP contribution in [0.2, 0.25) is 0 Å². The van der Waals surface area contributed by atoms with Crippen LogP contribution in [0, 0.1) is 0 Å². The molecular formula is C13H14N4O4. The Morgan fingerprint density at radius 1 is 1.38 bits per heavy atom. The summed E-state index contributed by atoms with van der Waals surface area (Å²) in [6.07, 6.45) is 1.50. The zero-order valence-corrected chi connectivity index (χ0v) is 11.4. The first-order chi connectivity index (χ1) is 10.0. The average molecular weight is 290 g/mol. The van der Waals surface area contributed by atoms with Gasteiger partial charge in [0, 0.05) is 13.5 Å². The lowest BCUT2D eigenvalue weighted by molar-refractivity contribution is -0.180. The molecule has 1 aromatic carbocycles. The number of nitrogens with zero attached hydrogens (tertiary/aromatic N) is 3. The zero-order chi connectivity index (χ0) is 15.4. The Balaban J connectivity index is 2.05. The first kappa shape index (κ1) is 14.5. The summed E-state index contributed by atoms with van der Waals surface area (Å²) < 4.78 is 0. The van der Waals surface area contributed by atoms with E-state index in [-0.39, 0.29) is 13.1 Å². The number of urea groups is 1. The Morgan fingerprint density at radius 2 is 2.05 bits per heavy atom. The number of imide groups is 1. The van der Waals surface area contributed by atoms with Gasteiger partial charge >= 0.3 is 12.0 Å². The molecule has 0 saturated carbocycles. The molecule has 1 aliphatic heterocycles. The Labute approximate surface area is 120 Å². The van der Waals surface area contributed by atoms with E-state index in [0.29, 0.717) is 5.06 Å². The van der Waals surface area contributed by atoms with Crippen LogP contribution in [0.3, 0.4) is 0 Å². The molecule has 0 unspecified atom stereocenters. The number of amides is 3. The summed E-state index contributed by atoms with van der Waals surface area (Å²) in [6, 6.07) is 6.52. The summed E-state index contributed by atoms with van der Waals surface area (Å²) in [6.45, 7) is 1.24. The zero-order valence-electron chi connectivity index (χ0n) is 11.4. The number of carbonyl (C=O) groups is 3. The van der Waals surface area contributed by atoms with Crippen LogP contribution in [-0.2, 0) is 21.0 Å². The van der Waals surface area contributed by atoms with Gasteiger partial charge in [-0.3, -0.25) is 4.79 Å². The van der Waals surface area contributed by atoms with Crippen molar-refractivity contribution in [2.24, 2.45) is 10.9 Å². The first-order valence-electron chi connectivity index (χ1n) is 6.14. The Hall–Kier alpha value is -2.90. The van der Waals surface area contributed by atoms with Crippen molar-refractivity contribution in [1.29, 1.82) is 0 Å². The molecule has 1 aliphatic rings. The summed E-state index contributed by atoms with van der Waals surface area (Å²) >= 11 is 0. The van der Waals surface area contributed by atoms with E-state index in [1.54, 1.807) is 24.3 Å². The third-order valence-electron chi connectivity index (χ3n) is 2.79. The maximum absolute atomic E-state index is 11.9. The Bertz CT molecular complexity index is 597. The molecule has 21 heavy (non-hydrogen) atoms. The van der Waals surface area contributed by atoms with E-state index in [9.17, 15) is 14.4 Å². The topological polar surface area (TPSA) is 105 Å². The minimum Gasteiger partial charge on any atom is -0.329 e. The number of carbonyl (C=O) groups excluding carboxylic acids is 3. The normalized spacial score (nSPS) is 15.1. The SMILES string of the molecule is CC(=O)ON1C(=O)CN(Cc2ccc(/C=N/N)cc2)C1=O. The lowest BCUT2D eigenvalue weighted by Crippen LogP contribution is -2.34. The van der Waals surface area contributed by atoms with E-state index < -0.39 is 17.9 Å². The van der Waals surface area contributed by atoms with Gasteiger partial charge < -0.3 is 15.6 Å². The minimum atomic E-state index is -0.719. The van der Waals surface area contributed by atoms with Gasteiger partial charge in [-0.05, 0) is 11.1 Å². The molecule has 0 radical (unpaired) electrons. The Morgan fingerprint density at radius 3 is 2.62 bits per heavy atom. The van der Waals surface area contributed by atoms with E-state index in [4.69, 9.17) is 5.84 Å². The molecule has 3 amide bonds. The van der Waals surface area contributed by atoms with Gasteiger partial charge in [-0.25, -0.2) is 9.59 Å². The molecule has 0 spiro atoms. The van der Waals surface area contributed by atoms with Gasteiger partial charge in [0.2, 0.25) is 0 Å². The number of hydroxylamine groups is 2. The van der Waals surface area contributed by atoms with Gasteiger partial charge in [0.15, 0.2) is 0 Å². The fourth-order valence-corrected chi connectivity index (χ4v) is 1.89. The van der Waals surface area contributed by atoms with E-state index in [0.717, 1.165) is 18.1 Å². The highest BCUT2D eigenvalue weighted by atomic mass is 16.7. The van der Waals surface area contributed by atoms with E-state index in [1.165, 1.54) is 11.1 Å². The molecular weight excluding hydrogens is 276 g/mol. The lowest BCUT2D eigenvalue weighted by atomic mass is 10.1. The molecule has 110 valence electrons. The highest BCUT2D eigenvalue weighted by Crippen LogP contribution is 2.15. The van der Waals surface area contributed by atoms with Gasteiger partial charge in [-0.2, -0.15) is 5.10 Å². The van der Waals surface area contributed by atoms with Gasteiger partial charge in [0.25, 0.3) is 5.91 Å². The second-order valence-corrected chi connectivity index (χ2v) is 4.43. The van der Waals surface area contributed by atoms with Gasteiger partial charge in [-0.15, -0.1) is 0 Å². The van der Waals surface area contributed by atoms with Crippen LogP contribution >= 0.6 is 0 Å². The van der Waals surface area contributed by atoms with Crippen LogP contribution in [0.5, 0.6) is 0 Å². The largest absolute Gasteiger partial charge is 0.361 e. The van der Waals surface area contributed by atoms with Gasteiger partial charge in [0.05, 0.1) is 6.21 Å². The molecule has 0 aromatic heterocycles. The second kappa shape index (κ2) is 6.04. The molecule has 2 rings (SSSR count). The summed E-state index contributed by atoms with van der Waals surface area (Å²) in [4.78, 5) is 40.3. The standard InChI is InChI=1S/C13H14N4O4/c1-9(18)21-17-12(19)8-16(13(17)20)7-11-4-2-10(3-5-11)6-15-14/h2-6H,7-8,14H2,1H3/b15-6+. The molecule has 1 heterocycles. The monoisotopic (exact) mass is 290 g/mol. The van der Waals surface area contributed by atoms with Crippen LogP contribution in [-0.4, -0.2) is 40.6 Å². The van der Waals surface area contributed by atoms with Crippen molar-refractivity contribution in [1.82, 2.24) is 9.96 Å². The summed E-state index contributed by atoms with van der Waals surface area (Å²) in [5.41, 5.74) is 1.65. The smallest absolute Gasteiger partial charge is 0.329 e. The molecule has 0 aliphatic carbocycles. The highest BCUT2D eigenvalue weighted by Gasteiger charge is 2.38. The molecule has 1 aromatic rings. The third-order valence-corrected chi connectivity index (χ3v) is 2.79. The molecule has 8 heteroatoms. The average Bonchev–Trinajstić information content (AvgIpc) is 2.69. The molecule has 0 atom stereocenters. The second-order valence-electron chi connectivity index (χ2n) is 4.43. The van der Waals surface area contributed by atoms with Crippen molar-refractivity contribution < 1.29 is 19.2 Å².